The highest BCUT2D eigenvalue weighted by molar-refractivity contribution is 9.08. The number of urea groups is 1. The van der Waals surface area contributed by atoms with E-state index >= 15 is 0 Å². The summed E-state index contributed by atoms with van der Waals surface area (Å²) in [6.07, 6.45) is 1.55. The van der Waals surface area contributed by atoms with E-state index in [-0.39, 0.29) is 24.7 Å². The quantitative estimate of drug-likeness (QED) is 0.843. The molecule has 5 nitrogen and oxygen atoms in total. The van der Waals surface area contributed by atoms with Crippen LogP contribution in [-0.4, -0.2) is 23.5 Å². The highest BCUT2D eigenvalue weighted by Gasteiger charge is 2.25. The summed E-state index contributed by atoms with van der Waals surface area (Å²) < 4.78 is 13.5. The Bertz CT molecular complexity index is 481. The van der Waals surface area contributed by atoms with Crippen molar-refractivity contribution in [3.63, 3.8) is 0 Å². The van der Waals surface area contributed by atoms with Gasteiger partial charge in [-0.1, -0.05) is 15.9 Å². The number of anilines is 1. The van der Waals surface area contributed by atoms with E-state index in [4.69, 9.17) is 0 Å². The van der Waals surface area contributed by atoms with Crippen LogP contribution in [0.5, 0.6) is 0 Å². The van der Waals surface area contributed by atoms with Crippen LogP contribution in [0, 0.1) is 5.82 Å². The third-order valence-corrected chi connectivity index (χ3v) is 2.99. The average Bonchev–Trinajstić information content (AvgIpc) is 2.29. The molecule has 0 bridgehead atoms. The number of rotatable bonds is 2. The largest absolute Gasteiger partial charge is 0.329 e. The molecule has 1 aliphatic heterocycles. The van der Waals surface area contributed by atoms with Gasteiger partial charge in [-0.2, -0.15) is 0 Å². The number of carbonyl (C=O) groups excluding carboxylic acids is 2. The maximum atomic E-state index is 13.5. The maximum absolute atomic E-state index is 13.5. The van der Waals surface area contributed by atoms with Crippen LogP contribution in [-0.2, 0) is 10.1 Å². The number of pyridine rings is 1. The second kappa shape index (κ2) is 4.79. The van der Waals surface area contributed by atoms with Gasteiger partial charge in [0.05, 0.1) is 0 Å². The van der Waals surface area contributed by atoms with Gasteiger partial charge >= 0.3 is 6.03 Å². The number of aromatic nitrogens is 1. The highest BCUT2D eigenvalue weighted by Crippen LogP contribution is 2.18. The standard InChI is InChI=1S/C10H9BrFN3O2/c11-4-6-5-13-8(3-7(6)12)15-2-1-9(16)14-10(15)17/h3,5H,1-2,4H2,(H,14,16,17). The summed E-state index contributed by atoms with van der Waals surface area (Å²) in [5.74, 6) is -0.558. The molecule has 17 heavy (non-hydrogen) atoms. The molecule has 1 N–H and O–H groups in total. The number of nitrogens with zero attached hydrogens (tertiary/aromatic N) is 2. The van der Waals surface area contributed by atoms with Gasteiger partial charge in [-0.25, -0.2) is 14.2 Å². The Kier molecular flexibility index (Phi) is 3.37. The lowest BCUT2D eigenvalue weighted by Gasteiger charge is -2.25. The van der Waals surface area contributed by atoms with Crippen molar-refractivity contribution in [2.45, 2.75) is 11.8 Å². The van der Waals surface area contributed by atoms with Gasteiger partial charge in [0.1, 0.15) is 11.6 Å². The summed E-state index contributed by atoms with van der Waals surface area (Å²) in [7, 11) is 0. The van der Waals surface area contributed by atoms with Crippen molar-refractivity contribution >= 4 is 33.7 Å². The molecule has 0 unspecified atom stereocenters. The first-order valence-corrected chi connectivity index (χ1v) is 6.05. The molecule has 0 aliphatic carbocycles. The lowest BCUT2D eigenvalue weighted by atomic mass is 10.2. The monoisotopic (exact) mass is 301 g/mol. The van der Waals surface area contributed by atoms with Crippen molar-refractivity contribution in [1.29, 1.82) is 0 Å². The van der Waals surface area contributed by atoms with E-state index in [1.165, 1.54) is 17.2 Å². The zero-order chi connectivity index (χ0) is 12.4. The molecular formula is C10H9BrFN3O2. The molecule has 90 valence electrons. The number of hydrogen-bond donors (Lipinski definition) is 1. The second-order valence-electron chi connectivity index (χ2n) is 3.52. The molecule has 2 rings (SSSR count). The van der Waals surface area contributed by atoms with E-state index in [1.54, 1.807) is 0 Å². The number of amides is 3. The highest BCUT2D eigenvalue weighted by atomic mass is 79.9. The first-order valence-electron chi connectivity index (χ1n) is 4.93. The van der Waals surface area contributed by atoms with Gasteiger partial charge in [-0.15, -0.1) is 0 Å². The molecule has 1 aliphatic rings. The number of hydrogen-bond acceptors (Lipinski definition) is 3. The Morgan fingerprint density at radius 2 is 2.29 bits per heavy atom. The van der Waals surface area contributed by atoms with Gasteiger partial charge in [0.2, 0.25) is 5.91 Å². The zero-order valence-corrected chi connectivity index (χ0v) is 10.3. The fraction of sp³-hybridized carbons (Fsp3) is 0.300. The van der Waals surface area contributed by atoms with Crippen molar-refractivity contribution in [1.82, 2.24) is 10.3 Å². The number of halogens is 2. The summed E-state index contributed by atoms with van der Waals surface area (Å²) in [4.78, 5) is 27.7. The molecule has 0 spiro atoms. The first-order chi connectivity index (χ1) is 8.11. The SMILES string of the molecule is O=C1CCN(c2cc(F)c(CBr)cn2)C(=O)N1. The predicted octanol–water partition coefficient (Wildman–Crippen LogP) is 1.56. The minimum Gasteiger partial charge on any atom is -0.278 e. The molecule has 0 saturated carbocycles. The molecule has 1 saturated heterocycles. The predicted molar refractivity (Wildman–Crippen MR) is 62.3 cm³/mol. The molecule has 1 aromatic rings. The van der Waals surface area contributed by atoms with Gasteiger partial charge in [0, 0.05) is 36.1 Å². The molecule has 1 aromatic heterocycles. The first kappa shape index (κ1) is 12.0. The Morgan fingerprint density at radius 1 is 1.53 bits per heavy atom. The summed E-state index contributed by atoms with van der Waals surface area (Å²) in [6, 6.07) is 0.617. The van der Waals surface area contributed by atoms with E-state index in [9.17, 15) is 14.0 Å². The van der Waals surface area contributed by atoms with Gasteiger partial charge in [-0.05, 0) is 0 Å². The molecule has 2 heterocycles. The van der Waals surface area contributed by atoms with Crippen LogP contribution >= 0.6 is 15.9 Å². The normalized spacial score (nSPS) is 16.0. The van der Waals surface area contributed by atoms with Gasteiger partial charge in [0.15, 0.2) is 0 Å². The number of alkyl halides is 1. The van der Waals surface area contributed by atoms with Crippen LogP contribution in [0.3, 0.4) is 0 Å². The smallest absolute Gasteiger partial charge is 0.278 e. The van der Waals surface area contributed by atoms with Crippen LogP contribution in [0.2, 0.25) is 0 Å². The third-order valence-electron chi connectivity index (χ3n) is 2.39. The Labute approximate surface area is 105 Å². The molecule has 1 fully saturated rings. The Morgan fingerprint density at radius 3 is 2.88 bits per heavy atom. The molecular weight excluding hydrogens is 293 g/mol. The van der Waals surface area contributed by atoms with Gasteiger partial charge in [-0.3, -0.25) is 15.0 Å². The van der Waals surface area contributed by atoms with Gasteiger partial charge < -0.3 is 0 Å². The summed E-state index contributed by atoms with van der Waals surface area (Å²) >= 11 is 3.13. The summed E-state index contributed by atoms with van der Waals surface area (Å²) in [5, 5.41) is 2.51. The molecule has 7 heteroatoms. The third kappa shape index (κ3) is 2.44. The Balaban J connectivity index is 2.25. The summed E-state index contributed by atoms with van der Waals surface area (Å²) in [5.41, 5.74) is 0.419. The molecule has 0 aromatic carbocycles. The van der Waals surface area contributed by atoms with Crippen molar-refractivity contribution in [2.75, 3.05) is 11.4 Å². The minimum atomic E-state index is -0.570. The number of carbonyl (C=O) groups is 2. The maximum Gasteiger partial charge on any atom is 0.329 e. The minimum absolute atomic E-state index is 0.190. The Hall–Kier alpha value is -1.50. The van der Waals surface area contributed by atoms with E-state index in [1.807, 2.05) is 0 Å². The second-order valence-corrected chi connectivity index (χ2v) is 4.08. The van der Waals surface area contributed by atoms with Crippen LogP contribution in [0.1, 0.15) is 12.0 Å². The van der Waals surface area contributed by atoms with Crippen molar-refractivity contribution in [2.24, 2.45) is 0 Å². The lowest BCUT2D eigenvalue weighted by Crippen LogP contribution is -2.49. The van der Waals surface area contributed by atoms with Crippen molar-refractivity contribution in [3.8, 4) is 0 Å². The summed E-state index contributed by atoms with van der Waals surface area (Å²) in [6.45, 7) is 0.213. The number of nitrogens with one attached hydrogen (secondary N) is 1. The van der Waals surface area contributed by atoms with Crippen LogP contribution < -0.4 is 10.2 Å². The lowest BCUT2D eigenvalue weighted by molar-refractivity contribution is -0.120. The molecule has 3 amide bonds. The molecule has 0 radical (unpaired) electrons. The zero-order valence-electron chi connectivity index (χ0n) is 8.74. The van der Waals surface area contributed by atoms with Crippen molar-refractivity contribution in [3.05, 3.63) is 23.6 Å². The van der Waals surface area contributed by atoms with E-state index in [2.05, 4.69) is 26.2 Å². The van der Waals surface area contributed by atoms with Crippen LogP contribution in [0.25, 0.3) is 0 Å². The van der Waals surface area contributed by atoms with Crippen LogP contribution in [0.15, 0.2) is 12.3 Å². The fourth-order valence-corrected chi connectivity index (χ4v) is 1.89. The number of imide groups is 1. The van der Waals surface area contributed by atoms with E-state index in [0.717, 1.165) is 0 Å². The fourth-order valence-electron chi connectivity index (χ4n) is 1.48. The van der Waals surface area contributed by atoms with E-state index < -0.39 is 11.8 Å². The average molecular weight is 302 g/mol. The molecule has 0 atom stereocenters. The van der Waals surface area contributed by atoms with Crippen molar-refractivity contribution < 1.29 is 14.0 Å². The topological polar surface area (TPSA) is 62.3 Å². The van der Waals surface area contributed by atoms with E-state index in [0.29, 0.717) is 10.9 Å². The van der Waals surface area contributed by atoms with Crippen LogP contribution in [0.4, 0.5) is 15.0 Å². The van der Waals surface area contributed by atoms with Gasteiger partial charge in [0.25, 0.3) is 0 Å².